The van der Waals surface area contributed by atoms with Gasteiger partial charge in [0, 0.05) is 13.6 Å². The first-order valence-electron chi connectivity index (χ1n) is 2.86. The van der Waals surface area contributed by atoms with Crippen LogP contribution >= 0.6 is 0 Å². The first kappa shape index (κ1) is 8.14. The van der Waals surface area contributed by atoms with Crippen molar-refractivity contribution in [3.63, 3.8) is 0 Å². The molecule has 0 saturated heterocycles. The van der Waals surface area contributed by atoms with E-state index in [4.69, 9.17) is 0 Å². The van der Waals surface area contributed by atoms with E-state index in [1.165, 1.54) is 0 Å². The minimum Gasteiger partial charge on any atom is -0.359 e. The SMILES string of the molecule is C=NC[C@@H](C)C(=O)NC. The van der Waals surface area contributed by atoms with Crippen molar-refractivity contribution in [3.8, 4) is 0 Å². The summed E-state index contributed by atoms with van der Waals surface area (Å²) in [6.07, 6.45) is 0. The van der Waals surface area contributed by atoms with E-state index in [-0.39, 0.29) is 11.8 Å². The molecule has 3 nitrogen and oxygen atoms in total. The van der Waals surface area contributed by atoms with Crippen LogP contribution < -0.4 is 5.32 Å². The summed E-state index contributed by atoms with van der Waals surface area (Å²) >= 11 is 0. The summed E-state index contributed by atoms with van der Waals surface area (Å²) in [7, 11) is 1.61. The molecule has 0 bridgehead atoms. The first-order valence-corrected chi connectivity index (χ1v) is 2.86. The summed E-state index contributed by atoms with van der Waals surface area (Å²) in [5.41, 5.74) is 0. The van der Waals surface area contributed by atoms with Gasteiger partial charge < -0.3 is 10.3 Å². The summed E-state index contributed by atoms with van der Waals surface area (Å²) in [6.45, 7) is 5.60. The van der Waals surface area contributed by atoms with Gasteiger partial charge in [-0.3, -0.25) is 4.79 Å². The highest BCUT2D eigenvalue weighted by molar-refractivity contribution is 5.78. The Morgan fingerprint density at radius 3 is 2.78 bits per heavy atom. The number of nitrogens with one attached hydrogen (secondary N) is 1. The highest BCUT2D eigenvalue weighted by Gasteiger charge is 2.07. The quantitative estimate of drug-likeness (QED) is 0.537. The monoisotopic (exact) mass is 128 g/mol. The smallest absolute Gasteiger partial charge is 0.224 e. The lowest BCUT2D eigenvalue weighted by atomic mass is 10.2. The fraction of sp³-hybridized carbons (Fsp3) is 0.667. The Labute approximate surface area is 55.2 Å². The number of hydrogen-bond donors (Lipinski definition) is 1. The Kier molecular flexibility index (Phi) is 3.67. The predicted molar refractivity (Wildman–Crippen MR) is 37.6 cm³/mol. The molecule has 0 aromatic heterocycles. The number of nitrogens with zero attached hydrogens (tertiary/aromatic N) is 1. The highest BCUT2D eigenvalue weighted by atomic mass is 16.1. The van der Waals surface area contributed by atoms with Gasteiger partial charge in [0.2, 0.25) is 5.91 Å². The Bertz CT molecular complexity index is 112. The maximum Gasteiger partial charge on any atom is 0.224 e. The van der Waals surface area contributed by atoms with E-state index in [2.05, 4.69) is 17.0 Å². The van der Waals surface area contributed by atoms with Crippen molar-refractivity contribution in [2.24, 2.45) is 10.9 Å². The van der Waals surface area contributed by atoms with Crippen molar-refractivity contribution in [1.82, 2.24) is 5.32 Å². The standard InChI is InChI=1S/C6H12N2O/c1-5(4-7-2)6(9)8-3/h5H,2,4H2,1,3H3,(H,8,9)/t5-/m1/s1. The average Bonchev–Trinajstić information content (AvgIpc) is 1.87. The number of carbonyl (C=O) groups is 1. The molecule has 0 unspecified atom stereocenters. The van der Waals surface area contributed by atoms with Crippen molar-refractivity contribution in [1.29, 1.82) is 0 Å². The van der Waals surface area contributed by atoms with E-state index in [9.17, 15) is 4.79 Å². The molecule has 0 heterocycles. The van der Waals surface area contributed by atoms with E-state index in [1.807, 2.05) is 6.92 Å². The summed E-state index contributed by atoms with van der Waals surface area (Å²) in [5.74, 6) is -0.0325. The second kappa shape index (κ2) is 4.06. The van der Waals surface area contributed by atoms with Gasteiger partial charge in [-0.2, -0.15) is 0 Å². The molecule has 0 radical (unpaired) electrons. The summed E-state index contributed by atoms with van der Waals surface area (Å²) in [6, 6.07) is 0. The normalized spacial score (nSPS) is 12.2. The molecule has 0 rings (SSSR count). The third-order valence-electron chi connectivity index (χ3n) is 1.10. The van der Waals surface area contributed by atoms with Gasteiger partial charge in [-0.05, 0) is 6.72 Å². The molecule has 0 aliphatic carbocycles. The molecule has 0 saturated carbocycles. The zero-order chi connectivity index (χ0) is 7.28. The molecule has 0 aromatic carbocycles. The largest absolute Gasteiger partial charge is 0.359 e. The molecule has 1 amide bonds. The molecule has 3 heteroatoms. The summed E-state index contributed by atoms with van der Waals surface area (Å²) in [5, 5.41) is 2.52. The van der Waals surface area contributed by atoms with Crippen LogP contribution in [0.3, 0.4) is 0 Å². The van der Waals surface area contributed by atoms with E-state index < -0.39 is 0 Å². The molecule has 0 aliphatic heterocycles. The van der Waals surface area contributed by atoms with Gasteiger partial charge in [-0.25, -0.2) is 0 Å². The molecule has 0 spiro atoms. The Hall–Kier alpha value is -0.860. The number of rotatable bonds is 3. The fourth-order valence-corrected chi connectivity index (χ4v) is 0.523. The van der Waals surface area contributed by atoms with Crippen molar-refractivity contribution >= 4 is 12.6 Å². The van der Waals surface area contributed by atoms with Gasteiger partial charge in [0.15, 0.2) is 0 Å². The van der Waals surface area contributed by atoms with Crippen molar-refractivity contribution in [3.05, 3.63) is 0 Å². The van der Waals surface area contributed by atoms with Crippen LogP contribution in [0, 0.1) is 5.92 Å². The Morgan fingerprint density at radius 1 is 1.89 bits per heavy atom. The van der Waals surface area contributed by atoms with Crippen molar-refractivity contribution in [2.75, 3.05) is 13.6 Å². The maximum atomic E-state index is 10.7. The lowest BCUT2D eigenvalue weighted by Gasteiger charge is -2.04. The first-order chi connectivity index (χ1) is 4.22. The number of hydrogen-bond acceptors (Lipinski definition) is 2. The van der Waals surface area contributed by atoms with Crippen LogP contribution in [0.25, 0.3) is 0 Å². The van der Waals surface area contributed by atoms with Gasteiger partial charge in [-0.1, -0.05) is 6.92 Å². The number of carbonyl (C=O) groups excluding carboxylic acids is 1. The topological polar surface area (TPSA) is 41.5 Å². The second-order valence-corrected chi connectivity index (χ2v) is 1.92. The van der Waals surface area contributed by atoms with Crippen LogP contribution in [0.1, 0.15) is 6.92 Å². The van der Waals surface area contributed by atoms with E-state index >= 15 is 0 Å². The van der Waals surface area contributed by atoms with Gasteiger partial charge in [-0.15, -0.1) is 0 Å². The molecule has 9 heavy (non-hydrogen) atoms. The van der Waals surface area contributed by atoms with Crippen LogP contribution in [0.2, 0.25) is 0 Å². The molecule has 0 aliphatic rings. The van der Waals surface area contributed by atoms with Crippen LogP contribution in [-0.2, 0) is 4.79 Å². The minimum absolute atomic E-state index is 0.0161. The van der Waals surface area contributed by atoms with Crippen LogP contribution in [0.15, 0.2) is 4.99 Å². The van der Waals surface area contributed by atoms with Gasteiger partial charge in [0.05, 0.1) is 5.92 Å². The van der Waals surface area contributed by atoms with E-state index in [1.54, 1.807) is 7.05 Å². The van der Waals surface area contributed by atoms with Gasteiger partial charge in [0.25, 0.3) is 0 Å². The molecule has 1 N–H and O–H groups in total. The molecular weight excluding hydrogens is 116 g/mol. The third-order valence-corrected chi connectivity index (χ3v) is 1.10. The maximum absolute atomic E-state index is 10.7. The summed E-state index contributed by atoms with van der Waals surface area (Å²) in [4.78, 5) is 14.3. The Morgan fingerprint density at radius 2 is 2.44 bits per heavy atom. The van der Waals surface area contributed by atoms with Gasteiger partial charge >= 0.3 is 0 Å². The average molecular weight is 128 g/mol. The van der Waals surface area contributed by atoms with Crippen LogP contribution in [0.5, 0.6) is 0 Å². The number of amides is 1. The van der Waals surface area contributed by atoms with Crippen LogP contribution in [0.4, 0.5) is 0 Å². The third kappa shape index (κ3) is 2.85. The highest BCUT2D eigenvalue weighted by Crippen LogP contribution is 1.92. The zero-order valence-corrected chi connectivity index (χ0v) is 5.85. The molecule has 0 fully saturated rings. The predicted octanol–water partition coefficient (Wildman–Crippen LogP) is 0.0691. The van der Waals surface area contributed by atoms with E-state index in [0.29, 0.717) is 6.54 Å². The molecule has 1 atom stereocenters. The molecule has 52 valence electrons. The van der Waals surface area contributed by atoms with Crippen molar-refractivity contribution in [2.45, 2.75) is 6.92 Å². The Balaban J connectivity index is 3.58. The lowest BCUT2D eigenvalue weighted by Crippen LogP contribution is -2.26. The lowest BCUT2D eigenvalue weighted by molar-refractivity contribution is -0.123. The fourth-order valence-electron chi connectivity index (χ4n) is 0.523. The molecule has 0 aromatic rings. The van der Waals surface area contributed by atoms with Gasteiger partial charge in [0.1, 0.15) is 0 Å². The van der Waals surface area contributed by atoms with E-state index in [0.717, 1.165) is 0 Å². The number of aliphatic imine (C=N–C) groups is 1. The van der Waals surface area contributed by atoms with Crippen LogP contribution in [-0.4, -0.2) is 26.2 Å². The van der Waals surface area contributed by atoms with Crippen molar-refractivity contribution < 1.29 is 4.79 Å². The molecular formula is C6H12N2O. The second-order valence-electron chi connectivity index (χ2n) is 1.92. The zero-order valence-electron chi connectivity index (χ0n) is 5.85. The summed E-state index contributed by atoms with van der Waals surface area (Å²) < 4.78 is 0. The minimum atomic E-state index is -0.0486.